The molecule has 0 aromatic heterocycles. The van der Waals surface area contributed by atoms with Gasteiger partial charge in [0.15, 0.2) is 0 Å². The number of amides is 1. The van der Waals surface area contributed by atoms with E-state index >= 15 is 0 Å². The van der Waals surface area contributed by atoms with Crippen LogP contribution in [0.5, 0.6) is 0 Å². The second kappa shape index (κ2) is 7.39. The SMILES string of the molecule is COC(=O)CN1CCN(C(=O)C2(N)C3CCCOC3C2(C)C)CC1.Cl. The minimum atomic E-state index is -0.845. The average molecular weight is 376 g/mol. The first kappa shape index (κ1) is 20.4. The fourth-order valence-corrected chi connectivity index (χ4v) is 4.63. The van der Waals surface area contributed by atoms with Gasteiger partial charge >= 0.3 is 5.97 Å². The van der Waals surface area contributed by atoms with Gasteiger partial charge < -0.3 is 20.1 Å². The van der Waals surface area contributed by atoms with Gasteiger partial charge in [-0.3, -0.25) is 14.5 Å². The van der Waals surface area contributed by atoms with Crippen molar-refractivity contribution in [1.29, 1.82) is 0 Å². The molecule has 1 saturated carbocycles. The van der Waals surface area contributed by atoms with E-state index < -0.39 is 5.54 Å². The molecule has 1 amide bonds. The summed E-state index contributed by atoms with van der Waals surface area (Å²) in [6.45, 7) is 7.67. The largest absolute Gasteiger partial charge is 0.468 e. The van der Waals surface area contributed by atoms with E-state index in [-0.39, 0.29) is 48.3 Å². The second-order valence-corrected chi connectivity index (χ2v) is 7.78. The minimum Gasteiger partial charge on any atom is -0.468 e. The lowest BCUT2D eigenvalue weighted by atomic mass is 9.46. The van der Waals surface area contributed by atoms with Crippen molar-refractivity contribution in [3.63, 3.8) is 0 Å². The quantitative estimate of drug-likeness (QED) is 0.712. The third-order valence-corrected chi connectivity index (χ3v) is 6.28. The number of hydrogen-bond donors (Lipinski definition) is 1. The standard InChI is InChI=1S/C17H29N3O4.ClH/c1-16(2)14-12(5-4-10-24-14)17(16,18)15(22)20-8-6-19(7-9-20)11-13(21)23-3;/h12,14H,4-11,18H2,1-3H3;1H. The van der Waals surface area contributed by atoms with Crippen LogP contribution in [-0.2, 0) is 19.1 Å². The summed E-state index contributed by atoms with van der Waals surface area (Å²) in [6.07, 6.45) is 2.01. The normalized spacial score (nSPS) is 34.3. The first-order valence-corrected chi connectivity index (χ1v) is 8.81. The first-order chi connectivity index (χ1) is 11.3. The van der Waals surface area contributed by atoms with Crippen molar-refractivity contribution < 1.29 is 19.1 Å². The molecule has 0 aromatic carbocycles. The third-order valence-electron chi connectivity index (χ3n) is 6.28. The van der Waals surface area contributed by atoms with Gasteiger partial charge in [0.1, 0.15) is 5.54 Å². The third kappa shape index (κ3) is 3.16. The van der Waals surface area contributed by atoms with Crippen LogP contribution >= 0.6 is 12.4 Å². The maximum absolute atomic E-state index is 13.2. The van der Waals surface area contributed by atoms with E-state index in [1.165, 1.54) is 7.11 Å². The summed E-state index contributed by atoms with van der Waals surface area (Å²) in [5.41, 5.74) is 5.49. The zero-order valence-electron chi connectivity index (χ0n) is 15.3. The van der Waals surface area contributed by atoms with E-state index in [2.05, 4.69) is 0 Å². The Morgan fingerprint density at radius 2 is 1.88 bits per heavy atom. The van der Waals surface area contributed by atoms with E-state index in [1.54, 1.807) is 0 Å². The highest BCUT2D eigenvalue weighted by molar-refractivity contribution is 5.89. The van der Waals surface area contributed by atoms with E-state index in [9.17, 15) is 9.59 Å². The Bertz CT molecular complexity index is 522. The highest BCUT2D eigenvalue weighted by Crippen LogP contribution is 2.57. The maximum Gasteiger partial charge on any atom is 0.319 e. The molecule has 8 heteroatoms. The lowest BCUT2D eigenvalue weighted by Gasteiger charge is -2.66. The predicted molar refractivity (Wildman–Crippen MR) is 95.4 cm³/mol. The average Bonchev–Trinajstić information content (AvgIpc) is 2.60. The molecular formula is C17H30ClN3O4. The number of methoxy groups -OCH3 is 1. The topological polar surface area (TPSA) is 85.1 Å². The molecule has 2 N–H and O–H groups in total. The molecule has 0 aromatic rings. The summed E-state index contributed by atoms with van der Waals surface area (Å²) in [7, 11) is 1.39. The van der Waals surface area contributed by atoms with Crippen molar-refractivity contribution >= 4 is 24.3 Å². The molecule has 3 aliphatic rings. The van der Waals surface area contributed by atoms with E-state index in [0.29, 0.717) is 26.2 Å². The van der Waals surface area contributed by atoms with Crippen LogP contribution in [0.3, 0.4) is 0 Å². The second-order valence-electron chi connectivity index (χ2n) is 7.78. The Morgan fingerprint density at radius 3 is 2.48 bits per heavy atom. The van der Waals surface area contributed by atoms with Crippen molar-refractivity contribution in [3.8, 4) is 0 Å². The molecule has 2 saturated heterocycles. The van der Waals surface area contributed by atoms with E-state index in [1.807, 2.05) is 23.6 Å². The molecule has 3 unspecified atom stereocenters. The van der Waals surface area contributed by atoms with Gasteiger partial charge in [-0.05, 0) is 12.8 Å². The van der Waals surface area contributed by atoms with Gasteiger partial charge in [-0.2, -0.15) is 0 Å². The maximum atomic E-state index is 13.2. The molecule has 3 fully saturated rings. The van der Waals surface area contributed by atoms with Crippen LogP contribution in [-0.4, -0.2) is 79.8 Å². The van der Waals surface area contributed by atoms with Crippen LogP contribution in [0, 0.1) is 11.3 Å². The summed E-state index contributed by atoms with van der Waals surface area (Å²) in [5.74, 6) is -0.0915. The van der Waals surface area contributed by atoms with Gasteiger partial charge in [0, 0.05) is 44.1 Å². The van der Waals surface area contributed by atoms with E-state index in [0.717, 1.165) is 19.4 Å². The van der Waals surface area contributed by atoms with Gasteiger partial charge in [0.25, 0.3) is 0 Å². The smallest absolute Gasteiger partial charge is 0.319 e. The number of nitrogens with two attached hydrogens (primary N) is 1. The summed E-state index contributed by atoms with van der Waals surface area (Å²) in [5, 5.41) is 0. The Morgan fingerprint density at radius 1 is 1.24 bits per heavy atom. The molecule has 7 nitrogen and oxygen atoms in total. The van der Waals surface area contributed by atoms with Crippen molar-refractivity contribution in [2.24, 2.45) is 17.1 Å². The summed E-state index contributed by atoms with van der Waals surface area (Å²) < 4.78 is 10.6. The summed E-state index contributed by atoms with van der Waals surface area (Å²) in [4.78, 5) is 28.4. The van der Waals surface area contributed by atoms with Gasteiger partial charge in [-0.15, -0.1) is 12.4 Å². The van der Waals surface area contributed by atoms with Crippen LogP contribution in [0.2, 0.25) is 0 Å². The number of hydrogen-bond acceptors (Lipinski definition) is 6. The Kier molecular flexibility index (Phi) is 6.03. The Balaban J connectivity index is 0.00000225. The lowest BCUT2D eigenvalue weighted by Crippen LogP contribution is -2.82. The van der Waals surface area contributed by atoms with Crippen LogP contribution in [0.4, 0.5) is 0 Å². The minimum absolute atomic E-state index is 0. The van der Waals surface area contributed by atoms with Crippen molar-refractivity contribution in [3.05, 3.63) is 0 Å². The highest BCUT2D eigenvalue weighted by Gasteiger charge is 2.70. The van der Waals surface area contributed by atoms with Crippen molar-refractivity contribution in [2.45, 2.75) is 38.3 Å². The molecule has 2 aliphatic heterocycles. The highest BCUT2D eigenvalue weighted by atomic mass is 35.5. The van der Waals surface area contributed by atoms with Crippen LogP contribution in [0.15, 0.2) is 0 Å². The first-order valence-electron chi connectivity index (χ1n) is 8.81. The fraction of sp³-hybridized carbons (Fsp3) is 0.882. The summed E-state index contributed by atoms with van der Waals surface area (Å²) >= 11 is 0. The Labute approximate surface area is 155 Å². The number of carbonyl (C=O) groups excluding carboxylic acids is 2. The predicted octanol–water partition coefficient (Wildman–Crippen LogP) is 0.258. The number of rotatable bonds is 3. The molecule has 25 heavy (non-hydrogen) atoms. The van der Waals surface area contributed by atoms with Gasteiger partial charge in [-0.25, -0.2) is 0 Å². The fourth-order valence-electron chi connectivity index (χ4n) is 4.63. The van der Waals surface area contributed by atoms with Crippen LogP contribution in [0.1, 0.15) is 26.7 Å². The van der Waals surface area contributed by atoms with Crippen molar-refractivity contribution in [2.75, 3.05) is 46.4 Å². The zero-order chi connectivity index (χ0) is 17.5. The summed E-state index contributed by atoms with van der Waals surface area (Å²) in [6, 6.07) is 0. The van der Waals surface area contributed by atoms with Crippen molar-refractivity contribution in [1.82, 2.24) is 9.80 Å². The molecule has 2 heterocycles. The van der Waals surface area contributed by atoms with Gasteiger partial charge in [-0.1, -0.05) is 13.8 Å². The molecular weight excluding hydrogens is 346 g/mol. The van der Waals surface area contributed by atoms with Crippen LogP contribution in [0.25, 0.3) is 0 Å². The molecule has 3 atom stereocenters. The number of piperazine rings is 1. The monoisotopic (exact) mass is 375 g/mol. The number of fused-ring (bicyclic) bond motifs is 1. The number of ether oxygens (including phenoxy) is 2. The molecule has 0 spiro atoms. The Hall–Kier alpha value is -0.890. The molecule has 144 valence electrons. The van der Waals surface area contributed by atoms with Crippen LogP contribution < -0.4 is 5.73 Å². The molecule has 3 rings (SSSR count). The molecule has 0 radical (unpaired) electrons. The number of halogens is 1. The van der Waals surface area contributed by atoms with E-state index in [4.69, 9.17) is 15.2 Å². The van der Waals surface area contributed by atoms with Gasteiger partial charge in [0.05, 0.1) is 19.8 Å². The zero-order valence-corrected chi connectivity index (χ0v) is 16.1. The number of esters is 1. The number of nitrogens with zero attached hydrogens (tertiary/aromatic N) is 2. The van der Waals surface area contributed by atoms with Gasteiger partial charge in [0.2, 0.25) is 5.91 Å². The molecule has 1 aliphatic carbocycles. The number of carbonyl (C=O) groups is 2. The lowest BCUT2D eigenvalue weighted by molar-refractivity contribution is -0.230. The molecule has 0 bridgehead atoms.